The fourth-order valence-corrected chi connectivity index (χ4v) is 2.39. The van der Waals surface area contributed by atoms with Crippen LogP contribution in [0.1, 0.15) is 44.4 Å². The van der Waals surface area contributed by atoms with Crippen molar-refractivity contribution in [2.24, 2.45) is 0 Å². The molecule has 0 aliphatic carbocycles. The van der Waals surface area contributed by atoms with E-state index in [1.54, 1.807) is 0 Å². The molecule has 0 radical (unpaired) electrons. The molecule has 1 aromatic rings. The normalized spacial score (nSPS) is 12.3. The Morgan fingerprint density at radius 2 is 1.84 bits per heavy atom. The molecule has 0 saturated carbocycles. The van der Waals surface area contributed by atoms with E-state index in [4.69, 9.17) is 9.47 Å². The van der Waals surface area contributed by atoms with E-state index in [1.807, 2.05) is 11.3 Å². The molecule has 19 heavy (non-hydrogen) atoms. The lowest BCUT2D eigenvalue weighted by atomic mass is 10.2. The van der Waals surface area contributed by atoms with Gasteiger partial charge in [0.25, 0.3) is 0 Å². The third-order valence-electron chi connectivity index (χ3n) is 2.41. The third-order valence-corrected chi connectivity index (χ3v) is 3.47. The summed E-state index contributed by atoms with van der Waals surface area (Å²) in [6.07, 6.45) is 0. The highest BCUT2D eigenvalue weighted by Crippen LogP contribution is 2.17. The number of rotatable bonds is 8. The zero-order valence-corrected chi connectivity index (χ0v) is 13.6. The van der Waals surface area contributed by atoms with Gasteiger partial charge < -0.3 is 14.8 Å². The van der Waals surface area contributed by atoms with Crippen molar-refractivity contribution < 1.29 is 9.47 Å². The van der Waals surface area contributed by atoms with Crippen molar-refractivity contribution in [3.05, 3.63) is 21.9 Å². The summed E-state index contributed by atoms with van der Waals surface area (Å²) in [5, 5.41) is 3.42. The first-order valence-electron chi connectivity index (χ1n) is 6.89. The van der Waals surface area contributed by atoms with Crippen molar-refractivity contribution in [2.45, 2.75) is 59.4 Å². The van der Waals surface area contributed by atoms with Gasteiger partial charge in [0.15, 0.2) is 0 Å². The average molecular weight is 285 g/mol. The lowest BCUT2D eigenvalue weighted by molar-refractivity contribution is -0.0373. The van der Waals surface area contributed by atoms with Crippen molar-refractivity contribution in [1.29, 1.82) is 0 Å². The minimum absolute atomic E-state index is 0.0814. The van der Waals surface area contributed by atoms with Crippen LogP contribution < -0.4 is 5.32 Å². The van der Waals surface area contributed by atoms with Gasteiger partial charge in [-0.15, -0.1) is 11.3 Å². The molecule has 0 atom stereocenters. The monoisotopic (exact) mass is 285 g/mol. The van der Waals surface area contributed by atoms with Crippen LogP contribution in [0, 0.1) is 0 Å². The highest BCUT2D eigenvalue weighted by molar-refractivity contribution is 7.11. The Morgan fingerprint density at radius 1 is 1.16 bits per heavy atom. The van der Waals surface area contributed by atoms with Crippen LogP contribution in [0.3, 0.4) is 0 Å². The van der Waals surface area contributed by atoms with Gasteiger partial charge in [-0.1, -0.05) is 13.8 Å². The molecular weight excluding hydrogens is 258 g/mol. The lowest BCUT2D eigenvalue weighted by Crippen LogP contribution is -2.21. The molecule has 110 valence electrons. The Labute approximate surface area is 121 Å². The van der Waals surface area contributed by atoms with Crippen molar-refractivity contribution in [1.82, 2.24) is 5.32 Å². The molecule has 0 fully saturated rings. The maximum Gasteiger partial charge on any atom is 0.0810 e. The third kappa shape index (κ3) is 8.37. The van der Waals surface area contributed by atoms with E-state index in [-0.39, 0.29) is 5.60 Å². The first kappa shape index (κ1) is 16.6. The van der Waals surface area contributed by atoms with E-state index in [2.05, 4.69) is 52.1 Å². The van der Waals surface area contributed by atoms with Gasteiger partial charge in [0.05, 0.1) is 25.4 Å². The van der Waals surface area contributed by atoms with E-state index in [9.17, 15) is 0 Å². The number of nitrogens with one attached hydrogen (secondary N) is 1. The van der Waals surface area contributed by atoms with E-state index < -0.39 is 0 Å². The second kappa shape index (κ2) is 8.00. The molecule has 0 bridgehead atoms. The summed E-state index contributed by atoms with van der Waals surface area (Å²) in [5.74, 6) is 0. The summed E-state index contributed by atoms with van der Waals surface area (Å²) >= 11 is 1.81. The van der Waals surface area contributed by atoms with Crippen LogP contribution in [0.4, 0.5) is 0 Å². The maximum absolute atomic E-state index is 5.62. The van der Waals surface area contributed by atoms with E-state index in [1.165, 1.54) is 9.75 Å². The van der Waals surface area contributed by atoms with Crippen molar-refractivity contribution in [3.8, 4) is 0 Å². The number of hydrogen-bond acceptors (Lipinski definition) is 4. The molecule has 1 rings (SSSR count). The molecule has 0 amide bonds. The Hall–Kier alpha value is -0.420. The summed E-state index contributed by atoms with van der Waals surface area (Å²) in [4.78, 5) is 2.63. The van der Waals surface area contributed by atoms with Gasteiger partial charge in [-0.25, -0.2) is 0 Å². The van der Waals surface area contributed by atoms with Crippen LogP contribution in [0.25, 0.3) is 0 Å². The van der Waals surface area contributed by atoms with Gasteiger partial charge in [-0.05, 0) is 32.9 Å². The molecule has 0 aromatic carbocycles. The summed E-state index contributed by atoms with van der Waals surface area (Å²) in [6.45, 7) is 13.4. The van der Waals surface area contributed by atoms with Crippen LogP contribution in [0.5, 0.6) is 0 Å². The van der Waals surface area contributed by atoms with Crippen LogP contribution in [0.2, 0.25) is 0 Å². The summed E-state index contributed by atoms with van der Waals surface area (Å²) < 4.78 is 11.2. The second-order valence-electron chi connectivity index (χ2n) is 5.92. The summed E-state index contributed by atoms with van der Waals surface area (Å²) in [6, 6.07) is 4.84. The van der Waals surface area contributed by atoms with Gasteiger partial charge in [0.2, 0.25) is 0 Å². The minimum Gasteiger partial charge on any atom is -0.374 e. The molecule has 0 aliphatic rings. The molecule has 0 spiro atoms. The van der Waals surface area contributed by atoms with Crippen LogP contribution in [-0.4, -0.2) is 24.9 Å². The largest absolute Gasteiger partial charge is 0.374 e. The highest BCUT2D eigenvalue weighted by Gasteiger charge is 2.09. The van der Waals surface area contributed by atoms with Gasteiger partial charge in [0.1, 0.15) is 0 Å². The molecule has 1 heterocycles. The molecule has 1 aromatic heterocycles. The molecule has 0 saturated heterocycles. The zero-order chi connectivity index (χ0) is 14.3. The van der Waals surface area contributed by atoms with E-state index in [0.29, 0.717) is 25.9 Å². The number of hydrogen-bond donors (Lipinski definition) is 1. The Bertz CT molecular complexity index is 355. The Balaban J connectivity index is 2.16. The summed E-state index contributed by atoms with van der Waals surface area (Å²) in [7, 11) is 0. The summed E-state index contributed by atoms with van der Waals surface area (Å²) in [5.41, 5.74) is -0.0814. The standard InChI is InChI=1S/C15H27NO2S/c1-12(2)16-10-13-6-7-14(19-13)11-17-8-9-18-15(3,4)5/h6-7,12,16H,8-11H2,1-5H3. The second-order valence-corrected chi connectivity index (χ2v) is 7.17. The SMILES string of the molecule is CC(C)NCc1ccc(COCCOC(C)(C)C)s1. The molecule has 1 N–H and O–H groups in total. The smallest absolute Gasteiger partial charge is 0.0810 e. The number of thiophene rings is 1. The first-order valence-corrected chi connectivity index (χ1v) is 7.71. The molecule has 0 aliphatic heterocycles. The van der Waals surface area contributed by atoms with Crippen LogP contribution >= 0.6 is 11.3 Å². The minimum atomic E-state index is -0.0814. The van der Waals surface area contributed by atoms with E-state index >= 15 is 0 Å². The Morgan fingerprint density at radius 3 is 2.47 bits per heavy atom. The molecule has 3 nitrogen and oxygen atoms in total. The molecule has 4 heteroatoms. The van der Waals surface area contributed by atoms with Gasteiger partial charge in [-0.3, -0.25) is 0 Å². The van der Waals surface area contributed by atoms with Crippen molar-refractivity contribution >= 4 is 11.3 Å². The molecule has 0 unspecified atom stereocenters. The first-order chi connectivity index (χ1) is 8.87. The lowest BCUT2D eigenvalue weighted by Gasteiger charge is -2.19. The van der Waals surface area contributed by atoms with Crippen LogP contribution in [-0.2, 0) is 22.6 Å². The maximum atomic E-state index is 5.62. The Kier molecular flexibility index (Phi) is 7.00. The predicted octanol–water partition coefficient (Wildman–Crippen LogP) is 3.58. The highest BCUT2D eigenvalue weighted by atomic mass is 32.1. The van der Waals surface area contributed by atoms with Gasteiger partial charge >= 0.3 is 0 Å². The predicted molar refractivity (Wildman–Crippen MR) is 81.7 cm³/mol. The van der Waals surface area contributed by atoms with Gasteiger partial charge in [-0.2, -0.15) is 0 Å². The number of ether oxygens (including phenoxy) is 2. The molecular formula is C15H27NO2S. The van der Waals surface area contributed by atoms with Crippen molar-refractivity contribution in [3.63, 3.8) is 0 Å². The zero-order valence-electron chi connectivity index (χ0n) is 12.8. The van der Waals surface area contributed by atoms with Crippen molar-refractivity contribution in [2.75, 3.05) is 13.2 Å². The fraction of sp³-hybridized carbons (Fsp3) is 0.733. The quantitative estimate of drug-likeness (QED) is 0.741. The fourth-order valence-electron chi connectivity index (χ4n) is 1.48. The topological polar surface area (TPSA) is 30.5 Å². The van der Waals surface area contributed by atoms with Gasteiger partial charge in [0, 0.05) is 22.3 Å². The van der Waals surface area contributed by atoms with Crippen LogP contribution in [0.15, 0.2) is 12.1 Å². The average Bonchev–Trinajstić information content (AvgIpc) is 2.72. The van der Waals surface area contributed by atoms with E-state index in [0.717, 1.165) is 6.54 Å².